The minimum absolute atomic E-state index is 0.0851. The highest BCUT2D eigenvalue weighted by molar-refractivity contribution is 6.32. The van der Waals surface area contributed by atoms with Gasteiger partial charge in [0.05, 0.1) is 18.4 Å². The fourth-order valence-electron chi connectivity index (χ4n) is 3.00. The summed E-state index contributed by atoms with van der Waals surface area (Å²) in [4.78, 5) is 37.5. The van der Waals surface area contributed by atoms with Crippen molar-refractivity contribution in [3.63, 3.8) is 0 Å². The van der Waals surface area contributed by atoms with Crippen LogP contribution in [0.25, 0.3) is 17.4 Å². The van der Waals surface area contributed by atoms with E-state index in [-0.39, 0.29) is 5.70 Å². The Balaban J connectivity index is 1.56. The summed E-state index contributed by atoms with van der Waals surface area (Å²) in [6.07, 6.45) is 1.46. The Labute approximate surface area is 176 Å². The first-order valence-electron chi connectivity index (χ1n) is 8.87. The summed E-state index contributed by atoms with van der Waals surface area (Å²) < 4.78 is 10.4. The lowest BCUT2D eigenvalue weighted by Crippen LogP contribution is -2.30. The Morgan fingerprint density at radius 3 is 2.57 bits per heavy atom. The highest BCUT2D eigenvalue weighted by Crippen LogP contribution is 2.27. The van der Waals surface area contributed by atoms with Gasteiger partial charge in [-0.1, -0.05) is 29.8 Å². The maximum Gasteiger partial charge on any atom is 0.337 e. The third-order valence-corrected chi connectivity index (χ3v) is 4.68. The minimum atomic E-state index is -0.571. The van der Waals surface area contributed by atoms with Gasteiger partial charge in [0.15, 0.2) is 0 Å². The molecule has 2 aromatic carbocycles. The number of hydrogen-bond donors (Lipinski definition) is 1. The van der Waals surface area contributed by atoms with Gasteiger partial charge in [-0.25, -0.2) is 14.5 Å². The number of urea groups is 1. The Morgan fingerprint density at radius 1 is 1.10 bits per heavy atom. The van der Waals surface area contributed by atoms with Gasteiger partial charge in [0.1, 0.15) is 17.2 Å². The van der Waals surface area contributed by atoms with Gasteiger partial charge in [0.25, 0.3) is 5.91 Å². The van der Waals surface area contributed by atoms with E-state index >= 15 is 0 Å². The van der Waals surface area contributed by atoms with Gasteiger partial charge in [-0.05, 0) is 42.5 Å². The Morgan fingerprint density at radius 2 is 1.87 bits per heavy atom. The molecule has 1 fully saturated rings. The van der Waals surface area contributed by atoms with Crippen LogP contribution in [-0.4, -0.2) is 25.0 Å². The van der Waals surface area contributed by atoms with Crippen molar-refractivity contribution in [2.24, 2.45) is 0 Å². The number of benzene rings is 2. The second kappa shape index (κ2) is 7.88. The number of methoxy groups -OCH3 is 1. The fourth-order valence-corrected chi connectivity index (χ4v) is 3.19. The van der Waals surface area contributed by atoms with Crippen LogP contribution in [0.5, 0.6) is 0 Å². The minimum Gasteiger partial charge on any atom is -0.465 e. The first-order chi connectivity index (χ1) is 14.5. The van der Waals surface area contributed by atoms with E-state index in [0.717, 1.165) is 10.5 Å². The van der Waals surface area contributed by atoms with Gasteiger partial charge < -0.3 is 14.5 Å². The van der Waals surface area contributed by atoms with Crippen LogP contribution in [0.3, 0.4) is 0 Å². The zero-order chi connectivity index (χ0) is 21.3. The largest absolute Gasteiger partial charge is 0.465 e. The third-order valence-electron chi connectivity index (χ3n) is 4.45. The Bertz CT molecular complexity index is 1180. The smallest absolute Gasteiger partial charge is 0.337 e. The molecule has 4 rings (SSSR count). The van der Waals surface area contributed by atoms with Crippen molar-refractivity contribution in [1.82, 2.24) is 5.32 Å². The number of rotatable bonds is 4. The summed E-state index contributed by atoms with van der Waals surface area (Å²) in [7, 11) is 1.32. The second-order valence-electron chi connectivity index (χ2n) is 6.38. The van der Waals surface area contributed by atoms with Crippen LogP contribution in [0.1, 0.15) is 16.1 Å². The van der Waals surface area contributed by atoms with Gasteiger partial charge in [0, 0.05) is 16.7 Å². The highest BCUT2D eigenvalue weighted by Gasteiger charge is 2.35. The molecule has 1 aliphatic rings. The molecular weight excluding hydrogens is 408 g/mol. The van der Waals surface area contributed by atoms with E-state index in [2.05, 4.69) is 10.1 Å². The number of amides is 3. The van der Waals surface area contributed by atoms with Crippen molar-refractivity contribution < 1.29 is 23.5 Å². The average molecular weight is 423 g/mol. The summed E-state index contributed by atoms with van der Waals surface area (Å²) >= 11 is 5.96. The Hall–Kier alpha value is -3.84. The number of hydrogen-bond acceptors (Lipinski definition) is 5. The number of nitrogens with zero attached hydrogens (tertiary/aromatic N) is 1. The lowest BCUT2D eigenvalue weighted by Gasteiger charge is -2.11. The quantitative estimate of drug-likeness (QED) is 0.380. The lowest BCUT2D eigenvalue weighted by atomic mass is 10.1. The summed E-state index contributed by atoms with van der Waals surface area (Å²) in [6.45, 7) is 0. The van der Waals surface area contributed by atoms with E-state index in [9.17, 15) is 14.4 Å². The number of imide groups is 1. The van der Waals surface area contributed by atoms with Crippen molar-refractivity contribution in [2.45, 2.75) is 0 Å². The molecule has 0 bridgehead atoms. The predicted octanol–water partition coefficient (Wildman–Crippen LogP) is 4.48. The van der Waals surface area contributed by atoms with Crippen LogP contribution in [0, 0.1) is 0 Å². The van der Waals surface area contributed by atoms with E-state index in [4.69, 9.17) is 16.0 Å². The molecule has 0 atom stereocenters. The van der Waals surface area contributed by atoms with Gasteiger partial charge in [-0.2, -0.15) is 0 Å². The number of anilines is 1. The monoisotopic (exact) mass is 422 g/mol. The maximum absolute atomic E-state index is 12.7. The van der Waals surface area contributed by atoms with Gasteiger partial charge in [0.2, 0.25) is 0 Å². The zero-order valence-corrected chi connectivity index (χ0v) is 16.5. The Kier molecular flexibility index (Phi) is 5.12. The van der Waals surface area contributed by atoms with Crippen molar-refractivity contribution in [3.8, 4) is 11.3 Å². The molecule has 0 spiro atoms. The van der Waals surface area contributed by atoms with Crippen LogP contribution in [-0.2, 0) is 9.53 Å². The van der Waals surface area contributed by atoms with Crippen molar-refractivity contribution in [1.29, 1.82) is 0 Å². The molecule has 0 unspecified atom stereocenters. The number of furan rings is 1. The number of ether oxygens (including phenoxy) is 1. The van der Waals surface area contributed by atoms with Gasteiger partial charge in [-0.3, -0.25) is 4.79 Å². The molecule has 0 saturated carbocycles. The zero-order valence-electron chi connectivity index (χ0n) is 15.7. The molecule has 0 radical (unpaired) electrons. The first-order valence-corrected chi connectivity index (χ1v) is 9.25. The van der Waals surface area contributed by atoms with E-state index in [0.29, 0.717) is 27.8 Å². The summed E-state index contributed by atoms with van der Waals surface area (Å²) in [5.41, 5.74) is 1.63. The summed E-state index contributed by atoms with van der Waals surface area (Å²) in [5, 5.41) is 2.96. The SMILES string of the molecule is COC(=O)c1ccc(-c2ccc(/C=C3\NC(=O)N(c4cccc(Cl)c4)C3=O)o2)cc1. The van der Waals surface area contributed by atoms with E-state index < -0.39 is 17.9 Å². The molecule has 2 heterocycles. The van der Waals surface area contributed by atoms with Crippen molar-refractivity contribution >= 4 is 41.3 Å². The molecule has 1 aromatic heterocycles. The van der Waals surface area contributed by atoms with Crippen molar-refractivity contribution in [3.05, 3.63) is 82.7 Å². The van der Waals surface area contributed by atoms with E-state index in [1.165, 1.54) is 19.3 Å². The third kappa shape index (κ3) is 3.70. The number of halogens is 1. The highest BCUT2D eigenvalue weighted by atomic mass is 35.5. The van der Waals surface area contributed by atoms with Crippen LogP contribution in [0.15, 0.2) is 70.8 Å². The number of esters is 1. The summed E-state index contributed by atoms with van der Waals surface area (Å²) in [6, 6.07) is 16.0. The first kappa shape index (κ1) is 19.5. The number of nitrogens with one attached hydrogen (secondary N) is 1. The lowest BCUT2D eigenvalue weighted by molar-refractivity contribution is -0.113. The molecular formula is C22H15ClN2O5. The molecule has 1 aliphatic heterocycles. The predicted molar refractivity (Wildman–Crippen MR) is 111 cm³/mol. The normalized spacial score (nSPS) is 14.9. The molecule has 1 saturated heterocycles. The second-order valence-corrected chi connectivity index (χ2v) is 6.82. The van der Waals surface area contributed by atoms with Gasteiger partial charge in [-0.15, -0.1) is 0 Å². The van der Waals surface area contributed by atoms with Crippen LogP contribution < -0.4 is 10.2 Å². The standard InChI is InChI=1S/C22H15ClN2O5/c1-29-21(27)14-7-5-13(6-8-14)19-10-9-17(30-19)12-18-20(26)25(22(28)24-18)16-4-2-3-15(23)11-16/h2-12H,1H3,(H,24,28)/b18-12-. The maximum atomic E-state index is 12.7. The van der Waals surface area contributed by atoms with Crippen LogP contribution in [0.4, 0.5) is 10.5 Å². The molecule has 0 aliphatic carbocycles. The topological polar surface area (TPSA) is 88.9 Å². The summed E-state index contributed by atoms with van der Waals surface area (Å²) in [5.74, 6) is -0.00539. The van der Waals surface area contributed by atoms with Gasteiger partial charge >= 0.3 is 12.0 Å². The van der Waals surface area contributed by atoms with E-state index in [1.54, 1.807) is 54.6 Å². The molecule has 30 heavy (non-hydrogen) atoms. The molecule has 8 heteroatoms. The molecule has 7 nitrogen and oxygen atoms in total. The van der Waals surface area contributed by atoms with Crippen LogP contribution in [0.2, 0.25) is 5.02 Å². The van der Waals surface area contributed by atoms with Crippen LogP contribution >= 0.6 is 11.6 Å². The fraction of sp³-hybridized carbons (Fsp3) is 0.0455. The molecule has 1 N–H and O–H groups in total. The number of carbonyl (C=O) groups is 3. The molecule has 3 aromatic rings. The molecule has 150 valence electrons. The van der Waals surface area contributed by atoms with E-state index in [1.807, 2.05) is 0 Å². The number of carbonyl (C=O) groups excluding carboxylic acids is 3. The average Bonchev–Trinajstić information content (AvgIpc) is 3.32. The molecule has 3 amide bonds. The van der Waals surface area contributed by atoms with Crippen molar-refractivity contribution in [2.75, 3.05) is 12.0 Å².